The Kier molecular flexibility index (Phi) is 3.34. The molecule has 2 N–H and O–H groups in total. The summed E-state index contributed by atoms with van der Waals surface area (Å²) in [6, 6.07) is 10.7. The van der Waals surface area contributed by atoms with E-state index in [1.54, 1.807) is 0 Å². The molecule has 0 radical (unpaired) electrons. The fraction of sp³-hybridized carbons (Fsp3) is 0.467. The molecule has 3 rings (SSSR count). The second-order valence-corrected chi connectivity index (χ2v) is 5.39. The molecular formula is C15H20N4. The third kappa shape index (κ3) is 2.40. The summed E-state index contributed by atoms with van der Waals surface area (Å²) in [6.45, 7) is 2.01. The van der Waals surface area contributed by atoms with Gasteiger partial charge in [0.2, 0.25) is 0 Å². The zero-order valence-electron chi connectivity index (χ0n) is 11.3. The van der Waals surface area contributed by atoms with Crippen LogP contribution in [0.4, 0.5) is 0 Å². The quantitative estimate of drug-likeness (QED) is 0.898. The first kappa shape index (κ1) is 12.4. The van der Waals surface area contributed by atoms with Crippen molar-refractivity contribution >= 4 is 0 Å². The average Bonchev–Trinajstić information content (AvgIpc) is 2.82. The van der Waals surface area contributed by atoms with Crippen LogP contribution in [0.15, 0.2) is 30.3 Å². The lowest BCUT2D eigenvalue weighted by Crippen LogP contribution is -2.26. The summed E-state index contributed by atoms with van der Waals surface area (Å²) < 4.78 is 2.18. The van der Waals surface area contributed by atoms with Crippen LogP contribution in [0.2, 0.25) is 0 Å². The number of hydrogen-bond donors (Lipinski definition) is 1. The van der Waals surface area contributed by atoms with Crippen molar-refractivity contribution < 1.29 is 0 Å². The molecule has 0 bridgehead atoms. The van der Waals surface area contributed by atoms with Crippen LogP contribution in [0.3, 0.4) is 0 Å². The van der Waals surface area contributed by atoms with Crippen molar-refractivity contribution in [2.45, 2.75) is 44.6 Å². The van der Waals surface area contributed by atoms with Crippen LogP contribution in [0, 0.1) is 6.92 Å². The van der Waals surface area contributed by atoms with E-state index < -0.39 is 0 Å². The molecule has 0 saturated heterocycles. The Morgan fingerprint density at radius 1 is 1.05 bits per heavy atom. The maximum atomic E-state index is 5.99. The Bertz CT molecular complexity index is 539. The fourth-order valence-corrected chi connectivity index (χ4v) is 2.92. The Hall–Kier alpha value is -1.68. The van der Waals surface area contributed by atoms with Gasteiger partial charge in [-0.05, 0) is 44.7 Å². The number of nitrogens with two attached hydrogens (primary N) is 1. The number of para-hydroxylation sites is 1. The van der Waals surface area contributed by atoms with Crippen LogP contribution in [0.25, 0.3) is 5.69 Å². The van der Waals surface area contributed by atoms with Gasteiger partial charge in [0.15, 0.2) is 0 Å². The lowest BCUT2D eigenvalue weighted by atomic mass is 9.86. The zero-order chi connectivity index (χ0) is 13.2. The van der Waals surface area contributed by atoms with Crippen LogP contribution in [-0.2, 0) is 0 Å². The molecule has 1 aliphatic carbocycles. The molecule has 4 nitrogen and oxygen atoms in total. The second kappa shape index (κ2) is 5.13. The van der Waals surface area contributed by atoms with E-state index >= 15 is 0 Å². The van der Waals surface area contributed by atoms with Crippen LogP contribution < -0.4 is 5.73 Å². The maximum Gasteiger partial charge on any atom is 0.140 e. The van der Waals surface area contributed by atoms with Gasteiger partial charge in [-0.25, -0.2) is 0 Å². The maximum absolute atomic E-state index is 5.99. The minimum atomic E-state index is 0.366. The number of aryl methyl sites for hydroxylation is 1. The summed E-state index contributed by atoms with van der Waals surface area (Å²) in [5.74, 6) is 2.54. The minimum Gasteiger partial charge on any atom is -0.328 e. The molecule has 1 heterocycles. The van der Waals surface area contributed by atoms with Crippen molar-refractivity contribution in [1.29, 1.82) is 0 Å². The van der Waals surface area contributed by atoms with Crippen LogP contribution in [0.5, 0.6) is 0 Å². The molecule has 100 valence electrons. The van der Waals surface area contributed by atoms with Gasteiger partial charge in [0.25, 0.3) is 0 Å². The van der Waals surface area contributed by atoms with E-state index in [2.05, 4.69) is 39.0 Å². The Morgan fingerprint density at radius 2 is 1.74 bits per heavy atom. The van der Waals surface area contributed by atoms with Crippen LogP contribution in [-0.4, -0.2) is 20.8 Å². The number of hydrogen-bond acceptors (Lipinski definition) is 3. The van der Waals surface area contributed by atoms with Crippen molar-refractivity contribution in [2.24, 2.45) is 5.73 Å². The summed E-state index contributed by atoms with van der Waals surface area (Å²) in [5.41, 5.74) is 7.13. The Balaban J connectivity index is 1.95. The van der Waals surface area contributed by atoms with Gasteiger partial charge in [-0.3, -0.25) is 4.57 Å². The van der Waals surface area contributed by atoms with Gasteiger partial charge in [0.05, 0.1) is 0 Å². The van der Waals surface area contributed by atoms with Gasteiger partial charge >= 0.3 is 0 Å². The normalized spacial score (nSPS) is 23.5. The molecule has 0 amide bonds. The summed E-state index contributed by atoms with van der Waals surface area (Å²) >= 11 is 0. The number of nitrogens with zero attached hydrogens (tertiary/aromatic N) is 3. The standard InChI is InChI=1S/C15H20N4/c1-11-17-18-15(12-7-9-13(16)10-8-12)19(11)14-5-3-2-4-6-14/h2-6,12-13H,7-10,16H2,1H3. The molecule has 1 aliphatic rings. The lowest BCUT2D eigenvalue weighted by Gasteiger charge is -2.25. The topological polar surface area (TPSA) is 56.7 Å². The summed E-state index contributed by atoms with van der Waals surface area (Å²) in [4.78, 5) is 0. The predicted octanol–water partition coefficient (Wildman–Crippen LogP) is 2.56. The van der Waals surface area contributed by atoms with E-state index in [0.29, 0.717) is 12.0 Å². The van der Waals surface area contributed by atoms with E-state index in [0.717, 1.165) is 43.0 Å². The third-order valence-electron chi connectivity index (χ3n) is 4.00. The second-order valence-electron chi connectivity index (χ2n) is 5.39. The zero-order valence-corrected chi connectivity index (χ0v) is 11.3. The molecule has 1 aromatic heterocycles. The molecule has 0 atom stereocenters. The van der Waals surface area contributed by atoms with Gasteiger partial charge in [0, 0.05) is 17.6 Å². The number of rotatable bonds is 2. The van der Waals surface area contributed by atoms with Gasteiger partial charge in [-0.1, -0.05) is 18.2 Å². The molecule has 19 heavy (non-hydrogen) atoms. The van der Waals surface area contributed by atoms with Crippen molar-refractivity contribution in [3.8, 4) is 5.69 Å². The monoisotopic (exact) mass is 256 g/mol. The molecule has 2 aromatic rings. The predicted molar refractivity (Wildman–Crippen MR) is 75.3 cm³/mol. The van der Waals surface area contributed by atoms with Gasteiger partial charge in [0.1, 0.15) is 11.6 Å². The molecule has 0 spiro atoms. The first-order valence-corrected chi connectivity index (χ1v) is 6.98. The SMILES string of the molecule is Cc1nnc(C2CCC(N)CC2)n1-c1ccccc1. The summed E-state index contributed by atoms with van der Waals surface area (Å²) in [7, 11) is 0. The molecule has 0 aliphatic heterocycles. The van der Waals surface area contributed by atoms with Crippen LogP contribution in [0.1, 0.15) is 43.3 Å². The van der Waals surface area contributed by atoms with Crippen molar-refractivity contribution in [1.82, 2.24) is 14.8 Å². The van der Waals surface area contributed by atoms with Gasteiger partial charge in [-0.2, -0.15) is 0 Å². The van der Waals surface area contributed by atoms with E-state index in [1.165, 1.54) is 0 Å². The highest BCUT2D eigenvalue weighted by atomic mass is 15.3. The highest BCUT2D eigenvalue weighted by Crippen LogP contribution is 2.32. The molecule has 4 heteroatoms. The van der Waals surface area contributed by atoms with E-state index in [9.17, 15) is 0 Å². The van der Waals surface area contributed by atoms with Crippen LogP contribution >= 0.6 is 0 Å². The van der Waals surface area contributed by atoms with E-state index in [-0.39, 0.29) is 0 Å². The van der Waals surface area contributed by atoms with Gasteiger partial charge in [-0.15, -0.1) is 10.2 Å². The molecule has 1 fully saturated rings. The molecule has 0 unspecified atom stereocenters. The minimum absolute atomic E-state index is 0.366. The highest BCUT2D eigenvalue weighted by molar-refractivity contribution is 5.34. The summed E-state index contributed by atoms with van der Waals surface area (Å²) in [5, 5.41) is 8.68. The fourth-order valence-electron chi connectivity index (χ4n) is 2.92. The van der Waals surface area contributed by atoms with Crippen molar-refractivity contribution in [3.63, 3.8) is 0 Å². The van der Waals surface area contributed by atoms with Crippen molar-refractivity contribution in [2.75, 3.05) is 0 Å². The Labute approximate surface area is 113 Å². The molecular weight excluding hydrogens is 236 g/mol. The van der Waals surface area contributed by atoms with E-state index in [1.807, 2.05) is 13.0 Å². The largest absolute Gasteiger partial charge is 0.328 e. The molecule has 1 aromatic carbocycles. The Morgan fingerprint density at radius 3 is 2.42 bits per heavy atom. The first-order valence-electron chi connectivity index (χ1n) is 6.98. The van der Waals surface area contributed by atoms with Crippen molar-refractivity contribution in [3.05, 3.63) is 42.0 Å². The lowest BCUT2D eigenvalue weighted by molar-refractivity contribution is 0.381. The average molecular weight is 256 g/mol. The smallest absolute Gasteiger partial charge is 0.140 e. The third-order valence-corrected chi connectivity index (χ3v) is 4.00. The number of benzene rings is 1. The first-order chi connectivity index (χ1) is 9.25. The van der Waals surface area contributed by atoms with E-state index in [4.69, 9.17) is 5.73 Å². The number of aromatic nitrogens is 3. The summed E-state index contributed by atoms with van der Waals surface area (Å²) in [6.07, 6.45) is 4.41. The highest BCUT2D eigenvalue weighted by Gasteiger charge is 2.25. The molecule has 1 saturated carbocycles. The van der Waals surface area contributed by atoms with Gasteiger partial charge < -0.3 is 5.73 Å².